The minimum absolute atomic E-state index is 0.166. The topological polar surface area (TPSA) is 31.9 Å². The molecule has 30 heavy (non-hydrogen) atoms. The summed E-state index contributed by atoms with van der Waals surface area (Å²) in [5, 5.41) is 0. The Balaban J connectivity index is 1.52. The molecule has 2 aromatic carbocycles. The van der Waals surface area contributed by atoms with Crippen molar-refractivity contribution in [3.8, 4) is 0 Å². The monoisotopic (exact) mass is 401 g/mol. The van der Waals surface area contributed by atoms with Crippen molar-refractivity contribution in [3.63, 3.8) is 0 Å². The number of rotatable bonds is 3. The Kier molecular flexibility index (Phi) is 4.53. The maximum absolute atomic E-state index is 13.4. The lowest BCUT2D eigenvalue weighted by atomic mass is 9.90. The molecule has 1 N–H and O–H groups in total. The summed E-state index contributed by atoms with van der Waals surface area (Å²) in [5.41, 5.74) is 6.94. The Morgan fingerprint density at radius 3 is 2.73 bits per heavy atom. The molecule has 3 aromatic rings. The van der Waals surface area contributed by atoms with Crippen LogP contribution in [0.15, 0.2) is 60.3 Å². The zero-order chi connectivity index (χ0) is 20.9. The highest BCUT2D eigenvalue weighted by Crippen LogP contribution is 2.42. The van der Waals surface area contributed by atoms with Gasteiger partial charge in [0, 0.05) is 18.2 Å². The number of hydrogen-bond acceptors (Lipinski definition) is 2. The Labute approximate surface area is 177 Å². The van der Waals surface area contributed by atoms with E-state index in [9.17, 15) is 4.39 Å². The number of aromatic amines is 1. The molecule has 5 rings (SSSR count). The molecule has 1 saturated heterocycles. The van der Waals surface area contributed by atoms with Crippen molar-refractivity contribution in [2.24, 2.45) is 0 Å². The van der Waals surface area contributed by atoms with Crippen LogP contribution in [0, 0.1) is 19.7 Å². The third-order valence-corrected chi connectivity index (χ3v) is 6.99. The SMILES string of the molecule is Cc1ccc2[nH]c([C@]3(C)CCCN3C3=CC(c4ccc(F)cc4)CC=C3)nc2c1C. The Bertz CT molecular complexity index is 1150. The lowest BCUT2D eigenvalue weighted by Gasteiger charge is -2.37. The van der Waals surface area contributed by atoms with Crippen LogP contribution in [0.3, 0.4) is 0 Å². The van der Waals surface area contributed by atoms with Gasteiger partial charge in [-0.05, 0) is 81.0 Å². The quantitative estimate of drug-likeness (QED) is 0.562. The van der Waals surface area contributed by atoms with E-state index in [0.717, 1.165) is 48.2 Å². The highest BCUT2D eigenvalue weighted by Gasteiger charge is 2.41. The van der Waals surface area contributed by atoms with E-state index in [4.69, 9.17) is 4.98 Å². The number of allylic oxidation sites excluding steroid dienone is 3. The maximum atomic E-state index is 13.4. The largest absolute Gasteiger partial charge is 0.359 e. The van der Waals surface area contributed by atoms with Crippen LogP contribution in [-0.4, -0.2) is 21.4 Å². The zero-order valence-corrected chi connectivity index (χ0v) is 17.9. The van der Waals surface area contributed by atoms with Crippen molar-refractivity contribution in [1.82, 2.24) is 14.9 Å². The predicted molar refractivity (Wildman–Crippen MR) is 120 cm³/mol. The van der Waals surface area contributed by atoms with E-state index in [-0.39, 0.29) is 17.3 Å². The molecule has 0 saturated carbocycles. The van der Waals surface area contributed by atoms with Crippen LogP contribution in [0.4, 0.5) is 4.39 Å². The molecule has 1 aromatic heterocycles. The molecule has 1 unspecified atom stereocenters. The third kappa shape index (κ3) is 3.06. The highest BCUT2D eigenvalue weighted by atomic mass is 19.1. The lowest BCUT2D eigenvalue weighted by Crippen LogP contribution is -2.39. The van der Waals surface area contributed by atoms with E-state index in [0.29, 0.717) is 0 Å². The number of H-pyrrole nitrogens is 1. The van der Waals surface area contributed by atoms with Gasteiger partial charge in [-0.25, -0.2) is 9.37 Å². The molecular weight excluding hydrogens is 373 g/mol. The number of aryl methyl sites for hydroxylation is 2. The fraction of sp³-hybridized carbons (Fsp3) is 0.346. The van der Waals surface area contributed by atoms with Crippen molar-refractivity contribution in [3.05, 3.63) is 88.7 Å². The second kappa shape index (κ2) is 7.12. The number of fused-ring (bicyclic) bond motifs is 1. The second-order valence-electron chi connectivity index (χ2n) is 8.91. The minimum Gasteiger partial charge on any atom is -0.359 e. The van der Waals surface area contributed by atoms with Crippen LogP contribution in [0.2, 0.25) is 0 Å². The fourth-order valence-electron chi connectivity index (χ4n) is 4.98. The van der Waals surface area contributed by atoms with E-state index < -0.39 is 0 Å². The van der Waals surface area contributed by atoms with Gasteiger partial charge in [0.25, 0.3) is 0 Å². The van der Waals surface area contributed by atoms with Gasteiger partial charge < -0.3 is 9.88 Å². The van der Waals surface area contributed by atoms with Crippen molar-refractivity contribution in [1.29, 1.82) is 0 Å². The standard InChI is InChI=1S/C26H28FN3/c1-17-8-13-23-24(18(17)2)29-25(28-23)26(3)14-5-15-30(26)22-7-4-6-20(16-22)19-9-11-21(27)12-10-19/h4,7-13,16,20H,5-6,14-15H2,1-3H3,(H,28,29)/t20?,26-/m0/s1. The van der Waals surface area contributed by atoms with E-state index >= 15 is 0 Å². The van der Waals surface area contributed by atoms with Gasteiger partial charge in [-0.15, -0.1) is 0 Å². The average Bonchev–Trinajstić information content (AvgIpc) is 3.37. The predicted octanol–water partition coefficient (Wildman–Crippen LogP) is 6.26. The van der Waals surface area contributed by atoms with Gasteiger partial charge in [0.05, 0.1) is 16.6 Å². The summed E-state index contributed by atoms with van der Waals surface area (Å²) in [6.07, 6.45) is 9.97. The first-order valence-corrected chi connectivity index (χ1v) is 10.8. The van der Waals surface area contributed by atoms with Gasteiger partial charge in [-0.2, -0.15) is 0 Å². The number of aromatic nitrogens is 2. The number of hydrogen-bond donors (Lipinski definition) is 1. The fourth-order valence-corrected chi connectivity index (χ4v) is 4.98. The van der Waals surface area contributed by atoms with Crippen LogP contribution in [-0.2, 0) is 5.54 Å². The van der Waals surface area contributed by atoms with Gasteiger partial charge in [0.2, 0.25) is 0 Å². The lowest BCUT2D eigenvalue weighted by molar-refractivity contribution is 0.200. The number of halogens is 1. The summed E-state index contributed by atoms with van der Waals surface area (Å²) in [4.78, 5) is 11.2. The number of imidazole rings is 1. The molecule has 3 nitrogen and oxygen atoms in total. The number of likely N-dealkylation sites (tertiary alicyclic amines) is 1. The minimum atomic E-state index is -0.183. The number of nitrogens with one attached hydrogen (secondary N) is 1. The van der Waals surface area contributed by atoms with E-state index in [1.165, 1.54) is 16.8 Å². The van der Waals surface area contributed by atoms with Crippen LogP contribution in [0.5, 0.6) is 0 Å². The van der Waals surface area contributed by atoms with Crippen LogP contribution < -0.4 is 0 Å². The van der Waals surface area contributed by atoms with Crippen molar-refractivity contribution in [2.45, 2.75) is 51.5 Å². The summed E-state index contributed by atoms with van der Waals surface area (Å²) in [6, 6.07) is 11.2. The van der Waals surface area contributed by atoms with Crippen molar-refractivity contribution < 1.29 is 4.39 Å². The van der Waals surface area contributed by atoms with Crippen molar-refractivity contribution in [2.75, 3.05) is 6.54 Å². The highest BCUT2D eigenvalue weighted by molar-refractivity contribution is 5.80. The van der Waals surface area contributed by atoms with Gasteiger partial charge in [0.15, 0.2) is 0 Å². The number of nitrogens with zero attached hydrogens (tertiary/aromatic N) is 2. The summed E-state index contributed by atoms with van der Waals surface area (Å²) in [5.74, 6) is 1.13. The first-order valence-electron chi connectivity index (χ1n) is 10.8. The Morgan fingerprint density at radius 2 is 1.93 bits per heavy atom. The molecule has 0 bridgehead atoms. The van der Waals surface area contributed by atoms with Crippen LogP contribution in [0.25, 0.3) is 11.0 Å². The summed E-state index contributed by atoms with van der Waals surface area (Å²) in [6.45, 7) is 7.60. The van der Waals surface area contributed by atoms with E-state index in [1.54, 1.807) is 12.1 Å². The normalized spacial score (nSPS) is 23.9. The van der Waals surface area contributed by atoms with Crippen molar-refractivity contribution >= 4 is 11.0 Å². The summed E-state index contributed by atoms with van der Waals surface area (Å²) in [7, 11) is 0. The number of benzene rings is 2. The van der Waals surface area contributed by atoms with Gasteiger partial charge in [0.1, 0.15) is 11.6 Å². The molecule has 4 heteroatoms. The molecule has 2 atom stereocenters. The molecule has 0 radical (unpaired) electrons. The first kappa shape index (κ1) is 19.1. The van der Waals surface area contributed by atoms with Gasteiger partial charge in [-0.3, -0.25) is 0 Å². The molecule has 1 aliphatic heterocycles. The van der Waals surface area contributed by atoms with E-state index in [1.807, 2.05) is 12.1 Å². The molecule has 1 fully saturated rings. The molecular formula is C26H28FN3. The zero-order valence-electron chi connectivity index (χ0n) is 17.9. The van der Waals surface area contributed by atoms with Crippen LogP contribution >= 0.6 is 0 Å². The molecule has 2 aliphatic rings. The Hall–Kier alpha value is -2.88. The molecule has 2 heterocycles. The molecule has 1 aliphatic carbocycles. The Morgan fingerprint density at radius 1 is 1.13 bits per heavy atom. The third-order valence-electron chi connectivity index (χ3n) is 6.99. The van der Waals surface area contributed by atoms with Crippen LogP contribution in [0.1, 0.15) is 54.6 Å². The first-order chi connectivity index (χ1) is 14.5. The second-order valence-corrected chi connectivity index (χ2v) is 8.91. The maximum Gasteiger partial charge on any atom is 0.132 e. The average molecular weight is 402 g/mol. The van der Waals surface area contributed by atoms with Gasteiger partial charge in [-0.1, -0.05) is 30.4 Å². The van der Waals surface area contributed by atoms with Gasteiger partial charge >= 0.3 is 0 Å². The smallest absolute Gasteiger partial charge is 0.132 e. The molecule has 0 spiro atoms. The summed E-state index contributed by atoms with van der Waals surface area (Å²) < 4.78 is 13.4. The summed E-state index contributed by atoms with van der Waals surface area (Å²) >= 11 is 0. The molecule has 154 valence electrons. The van der Waals surface area contributed by atoms with E-state index in [2.05, 4.69) is 61.0 Å². The molecule has 0 amide bonds.